The van der Waals surface area contributed by atoms with Crippen molar-refractivity contribution in [3.8, 4) is 17.0 Å². The summed E-state index contributed by atoms with van der Waals surface area (Å²) >= 11 is 0. The van der Waals surface area contributed by atoms with Crippen molar-refractivity contribution in [3.63, 3.8) is 0 Å². The number of hydrogen-bond donors (Lipinski definition) is 1. The van der Waals surface area contributed by atoms with Crippen LogP contribution in [0, 0.1) is 0 Å². The van der Waals surface area contributed by atoms with Gasteiger partial charge < -0.3 is 17.1 Å². The zero-order valence-corrected chi connectivity index (χ0v) is 19.7. The quantitative estimate of drug-likeness (QED) is 0.273. The summed E-state index contributed by atoms with van der Waals surface area (Å²) in [6, 6.07) is 35.1. The van der Waals surface area contributed by atoms with E-state index in [1.54, 1.807) is 0 Å². The molecule has 0 radical (unpaired) electrons. The predicted molar refractivity (Wildman–Crippen MR) is 130 cm³/mol. The van der Waals surface area contributed by atoms with E-state index in [0.717, 1.165) is 28.3 Å². The number of halogens is 1. The van der Waals surface area contributed by atoms with Crippen LogP contribution in [0.2, 0.25) is 0 Å². The maximum absolute atomic E-state index is 12.6. The average molecular weight is 482 g/mol. The van der Waals surface area contributed by atoms with Gasteiger partial charge in [-0.25, -0.2) is 0 Å². The number of nitrogens with one attached hydrogen (secondary N) is 1. The van der Waals surface area contributed by atoms with Crippen LogP contribution in [0.4, 0.5) is 0 Å². The fourth-order valence-corrected chi connectivity index (χ4v) is 3.85. The molecule has 0 saturated carbocycles. The second-order valence-corrected chi connectivity index (χ2v) is 7.98. The summed E-state index contributed by atoms with van der Waals surface area (Å²) in [4.78, 5) is 12.6. The first-order valence-corrected chi connectivity index (χ1v) is 11.2. The topological polar surface area (TPSA) is 58.9 Å². The first-order valence-electron chi connectivity index (χ1n) is 11.2. The van der Waals surface area contributed by atoms with Crippen molar-refractivity contribution in [1.82, 2.24) is 10.2 Å². The van der Waals surface area contributed by atoms with Gasteiger partial charge in [0.05, 0.1) is 17.0 Å². The summed E-state index contributed by atoms with van der Waals surface area (Å²) in [6.07, 6.45) is 3.50. The van der Waals surface area contributed by atoms with Crippen LogP contribution in [0.25, 0.3) is 11.3 Å². The Balaban J connectivity index is 0.00000289. The van der Waals surface area contributed by atoms with Gasteiger partial charge in [-0.3, -0.25) is 9.89 Å². The third kappa shape index (κ3) is 5.83. The second kappa shape index (κ2) is 11.3. The highest BCUT2D eigenvalue weighted by atomic mass is 35.5. The minimum atomic E-state index is -0.333. The van der Waals surface area contributed by atoms with E-state index in [0.29, 0.717) is 5.56 Å². The number of carbonyl (C=O) groups excluding carboxylic acids is 1. The van der Waals surface area contributed by atoms with E-state index >= 15 is 0 Å². The van der Waals surface area contributed by atoms with E-state index in [1.165, 1.54) is 0 Å². The zero-order valence-electron chi connectivity index (χ0n) is 18.9. The molecule has 0 saturated heterocycles. The van der Waals surface area contributed by atoms with Gasteiger partial charge in [0, 0.05) is 11.6 Å². The Kier molecular flexibility index (Phi) is 7.70. The summed E-state index contributed by atoms with van der Waals surface area (Å²) in [5.41, 5.74) is 4.27. The number of aromatic nitrogens is 3. The number of aromatic amines is 1. The van der Waals surface area contributed by atoms with Gasteiger partial charge in [-0.2, -0.15) is 9.67 Å². The van der Waals surface area contributed by atoms with Crippen LogP contribution in [0.1, 0.15) is 27.7 Å². The van der Waals surface area contributed by atoms with Gasteiger partial charge in [0.2, 0.25) is 12.3 Å². The summed E-state index contributed by atoms with van der Waals surface area (Å²) < 4.78 is 8.22. The molecule has 2 aromatic heterocycles. The summed E-state index contributed by atoms with van der Waals surface area (Å²) in [6.45, 7) is 0.263. The van der Waals surface area contributed by atoms with Gasteiger partial charge in [-0.15, -0.1) is 0 Å². The molecular formula is C29H24ClN3O2. The van der Waals surface area contributed by atoms with Crippen molar-refractivity contribution in [2.24, 2.45) is 0 Å². The normalized spacial score (nSPS) is 11.3. The maximum Gasteiger partial charge on any atom is 0.227 e. The van der Waals surface area contributed by atoms with E-state index in [-0.39, 0.29) is 30.8 Å². The molecule has 5 aromatic rings. The number of Topliss-reactive ketones (excluding diaryl/α,β-unsaturated/α-hetero) is 1. The number of ether oxygens (including phenoxy) is 1. The van der Waals surface area contributed by atoms with Crippen LogP contribution in [0.5, 0.6) is 5.75 Å². The lowest BCUT2D eigenvalue weighted by Gasteiger charge is -2.18. The SMILES string of the molecule is O=C(C[n+]1cccc(-c2cc(C(Oc3ccccc3)c3ccccc3)[nH]n2)c1)c1ccccc1.[Cl-]. The van der Waals surface area contributed by atoms with E-state index < -0.39 is 0 Å². The molecule has 2 heterocycles. The lowest BCUT2D eigenvalue weighted by molar-refractivity contribution is -0.682. The lowest BCUT2D eigenvalue weighted by atomic mass is 10.1. The van der Waals surface area contributed by atoms with Crippen molar-refractivity contribution in [1.29, 1.82) is 0 Å². The minimum absolute atomic E-state index is 0. The fraction of sp³-hybridized carbons (Fsp3) is 0.0690. The van der Waals surface area contributed by atoms with Gasteiger partial charge in [0.1, 0.15) is 5.75 Å². The third-order valence-corrected chi connectivity index (χ3v) is 5.56. The molecule has 0 fully saturated rings. The van der Waals surface area contributed by atoms with Gasteiger partial charge in [-0.05, 0) is 29.8 Å². The molecule has 174 valence electrons. The molecule has 1 atom stereocenters. The van der Waals surface area contributed by atoms with Crippen LogP contribution < -0.4 is 21.7 Å². The average Bonchev–Trinajstić information content (AvgIpc) is 3.39. The number of benzene rings is 3. The van der Waals surface area contributed by atoms with Gasteiger partial charge >= 0.3 is 0 Å². The van der Waals surface area contributed by atoms with Gasteiger partial charge in [-0.1, -0.05) is 78.9 Å². The molecule has 0 amide bonds. The van der Waals surface area contributed by atoms with Crippen LogP contribution in [-0.2, 0) is 6.54 Å². The van der Waals surface area contributed by atoms with E-state index in [4.69, 9.17) is 4.74 Å². The van der Waals surface area contributed by atoms with Crippen LogP contribution >= 0.6 is 0 Å². The molecule has 1 unspecified atom stereocenters. The van der Waals surface area contributed by atoms with Crippen molar-refractivity contribution in [3.05, 3.63) is 138 Å². The Labute approximate surface area is 210 Å². The fourth-order valence-electron chi connectivity index (χ4n) is 3.85. The molecule has 1 N–H and O–H groups in total. The monoisotopic (exact) mass is 481 g/mol. The van der Waals surface area contributed by atoms with Crippen molar-refractivity contribution >= 4 is 5.78 Å². The molecule has 0 aliphatic carbocycles. The number of H-pyrrole nitrogens is 1. The van der Waals surface area contributed by atoms with Crippen LogP contribution in [0.15, 0.2) is 122 Å². The highest BCUT2D eigenvalue weighted by Gasteiger charge is 2.20. The molecule has 0 aliphatic rings. The van der Waals surface area contributed by atoms with Crippen molar-refractivity contribution in [2.75, 3.05) is 0 Å². The van der Waals surface area contributed by atoms with E-state index in [9.17, 15) is 4.79 Å². The number of rotatable bonds is 8. The minimum Gasteiger partial charge on any atom is -1.00 e. The number of carbonyl (C=O) groups is 1. The summed E-state index contributed by atoms with van der Waals surface area (Å²) in [7, 11) is 0. The van der Waals surface area contributed by atoms with Crippen molar-refractivity contribution in [2.45, 2.75) is 12.6 Å². The molecule has 5 rings (SSSR count). The highest BCUT2D eigenvalue weighted by molar-refractivity contribution is 5.94. The maximum atomic E-state index is 12.6. The zero-order chi connectivity index (χ0) is 23.2. The Morgan fingerprint density at radius 3 is 2.23 bits per heavy atom. The van der Waals surface area contributed by atoms with Gasteiger partial charge in [0.25, 0.3) is 0 Å². The predicted octanol–water partition coefficient (Wildman–Crippen LogP) is 2.42. The Hall–Kier alpha value is -4.22. The van der Waals surface area contributed by atoms with Crippen LogP contribution in [-0.4, -0.2) is 16.0 Å². The third-order valence-electron chi connectivity index (χ3n) is 5.56. The largest absolute Gasteiger partial charge is 1.00 e. The van der Waals surface area contributed by atoms with Crippen LogP contribution in [0.3, 0.4) is 0 Å². The number of nitrogens with zero attached hydrogens (tertiary/aromatic N) is 2. The Bertz CT molecular complexity index is 1370. The van der Waals surface area contributed by atoms with E-state index in [2.05, 4.69) is 10.2 Å². The number of hydrogen-bond acceptors (Lipinski definition) is 3. The smallest absolute Gasteiger partial charge is 0.227 e. The second-order valence-electron chi connectivity index (χ2n) is 7.98. The first kappa shape index (κ1) is 23.9. The molecule has 5 nitrogen and oxygen atoms in total. The number of para-hydroxylation sites is 1. The molecule has 0 bridgehead atoms. The van der Waals surface area contributed by atoms with E-state index in [1.807, 2.05) is 126 Å². The highest BCUT2D eigenvalue weighted by Crippen LogP contribution is 2.29. The molecule has 6 heteroatoms. The number of ketones is 1. The van der Waals surface area contributed by atoms with Crippen molar-refractivity contribution < 1.29 is 26.5 Å². The molecule has 3 aromatic carbocycles. The first-order chi connectivity index (χ1) is 16.8. The molecule has 0 spiro atoms. The molecule has 0 aliphatic heterocycles. The van der Waals surface area contributed by atoms with Gasteiger partial charge in [0.15, 0.2) is 18.5 Å². The Morgan fingerprint density at radius 2 is 1.51 bits per heavy atom. The molecule has 35 heavy (non-hydrogen) atoms. The summed E-state index contributed by atoms with van der Waals surface area (Å²) in [5.74, 6) is 0.843. The molecular weight excluding hydrogens is 458 g/mol. The summed E-state index contributed by atoms with van der Waals surface area (Å²) in [5, 5.41) is 7.71. The Morgan fingerprint density at radius 1 is 0.857 bits per heavy atom. The number of pyridine rings is 1. The lowest BCUT2D eigenvalue weighted by Crippen LogP contribution is -3.00. The standard InChI is InChI=1S/C29H24N3O2.ClH/c33-28(22-11-4-1-5-12-22)21-32-18-10-15-24(20-32)26-19-27(31-30-26)29(23-13-6-2-7-14-23)34-25-16-8-3-9-17-25;/h1-20,29H,21H2,(H,30,31);1H/q+1;/p-1.